The van der Waals surface area contributed by atoms with Gasteiger partial charge in [-0.25, -0.2) is 0 Å². The third-order valence-corrected chi connectivity index (χ3v) is 3.72. The van der Waals surface area contributed by atoms with Crippen LogP contribution in [0.5, 0.6) is 5.75 Å². The smallest absolute Gasteiger partial charge is 0.251 e. The molecule has 0 saturated heterocycles. The van der Waals surface area contributed by atoms with Crippen LogP contribution in [0.2, 0.25) is 0 Å². The number of amides is 2. The molecule has 0 spiro atoms. The van der Waals surface area contributed by atoms with Crippen molar-refractivity contribution in [2.45, 2.75) is 33.3 Å². The lowest BCUT2D eigenvalue weighted by molar-refractivity contribution is -0.120. The van der Waals surface area contributed by atoms with Gasteiger partial charge >= 0.3 is 0 Å². The van der Waals surface area contributed by atoms with Crippen molar-refractivity contribution in [2.75, 3.05) is 13.1 Å². The number of rotatable bonds is 8. The van der Waals surface area contributed by atoms with E-state index in [1.165, 1.54) is 0 Å². The highest BCUT2D eigenvalue weighted by Gasteiger charge is 2.08. The first-order valence-corrected chi connectivity index (χ1v) is 8.81. The Balaban J connectivity index is 1.69. The van der Waals surface area contributed by atoms with Gasteiger partial charge in [0.25, 0.3) is 5.91 Å². The molecule has 138 valence electrons. The summed E-state index contributed by atoms with van der Waals surface area (Å²) >= 11 is 0. The van der Waals surface area contributed by atoms with E-state index in [9.17, 15) is 9.59 Å². The zero-order chi connectivity index (χ0) is 18.9. The molecule has 0 aliphatic heterocycles. The maximum Gasteiger partial charge on any atom is 0.251 e. The van der Waals surface area contributed by atoms with Crippen molar-refractivity contribution in [1.29, 1.82) is 0 Å². The van der Waals surface area contributed by atoms with Crippen molar-refractivity contribution in [1.82, 2.24) is 10.6 Å². The number of ether oxygens (including phenoxy) is 1. The van der Waals surface area contributed by atoms with Gasteiger partial charge in [-0.2, -0.15) is 0 Å². The normalized spacial score (nSPS) is 10.5. The Labute approximate surface area is 154 Å². The average molecular weight is 354 g/mol. The summed E-state index contributed by atoms with van der Waals surface area (Å²) in [6.45, 7) is 6.38. The Kier molecular flexibility index (Phi) is 7.21. The molecule has 5 heteroatoms. The van der Waals surface area contributed by atoms with E-state index >= 15 is 0 Å². The van der Waals surface area contributed by atoms with Gasteiger partial charge in [0, 0.05) is 12.1 Å². The summed E-state index contributed by atoms with van der Waals surface area (Å²) < 4.78 is 5.60. The van der Waals surface area contributed by atoms with E-state index < -0.39 is 0 Å². The lowest BCUT2D eigenvalue weighted by atomic mass is 10.1. The molecule has 2 amide bonds. The quantitative estimate of drug-likeness (QED) is 0.766. The number of benzene rings is 2. The van der Waals surface area contributed by atoms with E-state index in [4.69, 9.17) is 4.74 Å². The van der Waals surface area contributed by atoms with Crippen LogP contribution >= 0.6 is 0 Å². The van der Waals surface area contributed by atoms with Crippen LogP contribution in [-0.2, 0) is 11.2 Å². The molecule has 2 aromatic rings. The molecule has 0 aliphatic rings. The molecule has 0 aromatic heterocycles. The van der Waals surface area contributed by atoms with Gasteiger partial charge in [-0.05, 0) is 57.0 Å². The second-order valence-corrected chi connectivity index (χ2v) is 6.46. The number of hydrogen-bond acceptors (Lipinski definition) is 3. The SMILES string of the molecule is Cc1cccc(C(=O)NCC(=O)NCCc2ccc(OC(C)C)cc2)c1. The van der Waals surface area contributed by atoms with Crippen molar-refractivity contribution in [2.24, 2.45) is 0 Å². The lowest BCUT2D eigenvalue weighted by Crippen LogP contribution is -2.37. The summed E-state index contributed by atoms with van der Waals surface area (Å²) in [5, 5.41) is 5.44. The molecule has 0 atom stereocenters. The number of aryl methyl sites for hydroxylation is 1. The Morgan fingerprint density at radius 1 is 1.04 bits per heavy atom. The number of carbonyl (C=O) groups is 2. The Morgan fingerprint density at radius 2 is 1.77 bits per heavy atom. The van der Waals surface area contributed by atoms with E-state index in [1.807, 2.05) is 57.2 Å². The van der Waals surface area contributed by atoms with Crippen molar-refractivity contribution < 1.29 is 14.3 Å². The lowest BCUT2D eigenvalue weighted by Gasteiger charge is -2.10. The number of hydrogen-bond donors (Lipinski definition) is 2. The molecule has 0 bridgehead atoms. The standard InChI is InChI=1S/C21H26N2O3/c1-15(2)26-19-9-7-17(8-10-19)11-12-22-20(24)14-23-21(25)18-6-4-5-16(3)13-18/h4-10,13,15H,11-12,14H2,1-3H3,(H,22,24)(H,23,25). The van der Waals surface area contributed by atoms with Crippen molar-refractivity contribution in [3.8, 4) is 5.75 Å². The largest absolute Gasteiger partial charge is 0.491 e. The van der Waals surface area contributed by atoms with Gasteiger partial charge in [-0.1, -0.05) is 29.8 Å². The van der Waals surface area contributed by atoms with Crippen LogP contribution in [0.4, 0.5) is 0 Å². The summed E-state index contributed by atoms with van der Waals surface area (Å²) in [7, 11) is 0. The zero-order valence-corrected chi connectivity index (χ0v) is 15.5. The van der Waals surface area contributed by atoms with Gasteiger partial charge in [0.15, 0.2) is 0 Å². The molecule has 0 fully saturated rings. The van der Waals surface area contributed by atoms with Crippen LogP contribution in [0.1, 0.15) is 35.3 Å². The minimum Gasteiger partial charge on any atom is -0.491 e. The third kappa shape index (κ3) is 6.59. The van der Waals surface area contributed by atoms with Crippen LogP contribution < -0.4 is 15.4 Å². The molecule has 0 saturated carbocycles. The van der Waals surface area contributed by atoms with Gasteiger partial charge in [-0.3, -0.25) is 9.59 Å². The molecule has 0 unspecified atom stereocenters. The molecular weight excluding hydrogens is 328 g/mol. The summed E-state index contributed by atoms with van der Waals surface area (Å²) in [6.07, 6.45) is 0.870. The van der Waals surface area contributed by atoms with Crippen molar-refractivity contribution in [3.05, 3.63) is 65.2 Å². The van der Waals surface area contributed by atoms with E-state index in [-0.39, 0.29) is 24.5 Å². The second-order valence-electron chi connectivity index (χ2n) is 6.46. The van der Waals surface area contributed by atoms with E-state index in [2.05, 4.69) is 10.6 Å². The molecule has 26 heavy (non-hydrogen) atoms. The number of nitrogens with one attached hydrogen (secondary N) is 2. The van der Waals surface area contributed by atoms with E-state index in [0.717, 1.165) is 23.3 Å². The van der Waals surface area contributed by atoms with Gasteiger partial charge in [0.05, 0.1) is 12.6 Å². The molecular formula is C21H26N2O3. The second kappa shape index (κ2) is 9.61. The van der Waals surface area contributed by atoms with Gasteiger partial charge in [0.2, 0.25) is 5.91 Å². The summed E-state index contributed by atoms with van der Waals surface area (Å²) in [5.41, 5.74) is 2.68. The molecule has 5 nitrogen and oxygen atoms in total. The zero-order valence-electron chi connectivity index (χ0n) is 15.5. The third-order valence-electron chi connectivity index (χ3n) is 3.72. The molecule has 2 aromatic carbocycles. The minimum atomic E-state index is -0.246. The Morgan fingerprint density at radius 3 is 2.42 bits per heavy atom. The summed E-state index contributed by atoms with van der Waals surface area (Å²) in [6, 6.07) is 15.1. The van der Waals surface area contributed by atoms with Crippen molar-refractivity contribution in [3.63, 3.8) is 0 Å². The Hall–Kier alpha value is -2.82. The molecule has 2 N–H and O–H groups in total. The first-order valence-electron chi connectivity index (χ1n) is 8.81. The molecule has 0 aliphatic carbocycles. The minimum absolute atomic E-state index is 0.0338. The number of carbonyl (C=O) groups excluding carboxylic acids is 2. The first kappa shape index (κ1) is 19.5. The summed E-state index contributed by atoms with van der Waals surface area (Å²) in [4.78, 5) is 23.9. The fraction of sp³-hybridized carbons (Fsp3) is 0.333. The van der Waals surface area contributed by atoms with Gasteiger partial charge in [-0.15, -0.1) is 0 Å². The Bertz CT molecular complexity index is 739. The first-order chi connectivity index (χ1) is 12.4. The van der Waals surface area contributed by atoms with Gasteiger partial charge < -0.3 is 15.4 Å². The highest BCUT2D eigenvalue weighted by molar-refractivity contribution is 5.96. The maximum atomic E-state index is 12.0. The van der Waals surface area contributed by atoms with Crippen LogP contribution in [0.25, 0.3) is 0 Å². The average Bonchev–Trinajstić information content (AvgIpc) is 2.60. The fourth-order valence-corrected chi connectivity index (χ4v) is 2.46. The van der Waals surface area contributed by atoms with Crippen LogP contribution in [0, 0.1) is 6.92 Å². The molecule has 2 rings (SSSR count). The molecule has 0 radical (unpaired) electrons. The predicted molar refractivity (Wildman–Crippen MR) is 102 cm³/mol. The fourth-order valence-electron chi connectivity index (χ4n) is 2.46. The van der Waals surface area contributed by atoms with Crippen molar-refractivity contribution >= 4 is 11.8 Å². The predicted octanol–water partition coefficient (Wildman–Crippen LogP) is 2.87. The molecule has 0 heterocycles. The summed E-state index contributed by atoms with van der Waals surface area (Å²) in [5.74, 6) is 0.391. The highest BCUT2D eigenvalue weighted by Crippen LogP contribution is 2.13. The highest BCUT2D eigenvalue weighted by atomic mass is 16.5. The maximum absolute atomic E-state index is 12.0. The monoisotopic (exact) mass is 354 g/mol. The van der Waals surface area contributed by atoms with Gasteiger partial charge in [0.1, 0.15) is 5.75 Å². The van der Waals surface area contributed by atoms with Crippen LogP contribution in [0.3, 0.4) is 0 Å². The topological polar surface area (TPSA) is 67.4 Å². The van der Waals surface area contributed by atoms with E-state index in [0.29, 0.717) is 12.1 Å². The van der Waals surface area contributed by atoms with Crippen LogP contribution in [-0.4, -0.2) is 31.0 Å². The van der Waals surface area contributed by atoms with Crippen LogP contribution in [0.15, 0.2) is 48.5 Å². The van der Waals surface area contributed by atoms with E-state index in [1.54, 1.807) is 12.1 Å².